The van der Waals surface area contributed by atoms with E-state index >= 15 is 0 Å². The first-order chi connectivity index (χ1) is 16.2. The fourth-order valence-corrected chi connectivity index (χ4v) is 4.22. The molecular formula is C29H22N2O2. The van der Waals surface area contributed by atoms with E-state index in [4.69, 9.17) is 0 Å². The lowest BCUT2D eigenvalue weighted by molar-refractivity contribution is -0.384. The zero-order chi connectivity index (χ0) is 22.6. The second-order valence-corrected chi connectivity index (χ2v) is 7.89. The van der Waals surface area contributed by atoms with Gasteiger partial charge >= 0.3 is 0 Å². The number of non-ortho nitro benzene ring substituents is 1. The first kappa shape index (κ1) is 20.5. The van der Waals surface area contributed by atoms with Crippen LogP contribution in [0.3, 0.4) is 0 Å². The van der Waals surface area contributed by atoms with Crippen molar-refractivity contribution in [2.24, 2.45) is 0 Å². The minimum atomic E-state index is -0.363. The van der Waals surface area contributed by atoms with E-state index < -0.39 is 0 Å². The van der Waals surface area contributed by atoms with Crippen LogP contribution in [-0.2, 0) is 6.42 Å². The topological polar surface area (TPSA) is 48.1 Å². The highest BCUT2D eigenvalue weighted by Crippen LogP contribution is 2.37. The fraction of sp³-hybridized carbons (Fsp3) is 0.0345. The van der Waals surface area contributed by atoms with Gasteiger partial charge in [-0.25, -0.2) is 0 Å². The van der Waals surface area contributed by atoms with E-state index in [2.05, 4.69) is 59.2 Å². The first-order valence-corrected chi connectivity index (χ1v) is 10.8. The molecule has 1 heterocycles. The maximum absolute atomic E-state index is 11.2. The van der Waals surface area contributed by atoms with Crippen LogP contribution in [-0.4, -0.2) is 9.49 Å². The third-order valence-electron chi connectivity index (χ3n) is 5.79. The zero-order valence-corrected chi connectivity index (χ0v) is 18.0. The Morgan fingerprint density at radius 2 is 1.21 bits per heavy atom. The molecule has 0 N–H and O–H groups in total. The summed E-state index contributed by atoms with van der Waals surface area (Å²) in [4.78, 5) is 10.9. The number of rotatable bonds is 6. The molecule has 1 aromatic heterocycles. The summed E-state index contributed by atoms with van der Waals surface area (Å²) >= 11 is 0. The molecule has 0 unspecified atom stereocenters. The minimum Gasteiger partial charge on any atom is -0.313 e. The summed E-state index contributed by atoms with van der Waals surface area (Å²) in [5.41, 5.74) is 7.75. The van der Waals surface area contributed by atoms with Gasteiger partial charge in [0.15, 0.2) is 0 Å². The van der Waals surface area contributed by atoms with E-state index in [1.54, 1.807) is 12.1 Å². The van der Waals surface area contributed by atoms with Gasteiger partial charge in [0, 0.05) is 35.5 Å². The van der Waals surface area contributed by atoms with E-state index in [0.29, 0.717) is 0 Å². The van der Waals surface area contributed by atoms with Crippen molar-refractivity contribution in [3.63, 3.8) is 0 Å². The molecule has 160 valence electrons. The Bertz CT molecular complexity index is 1370. The van der Waals surface area contributed by atoms with Crippen molar-refractivity contribution < 1.29 is 4.92 Å². The monoisotopic (exact) mass is 430 g/mol. The van der Waals surface area contributed by atoms with Crippen molar-refractivity contribution in [1.29, 1.82) is 0 Å². The molecule has 0 aliphatic carbocycles. The molecule has 33 heavy (non-hydrogen) atoms. The number of hydrogen-bond donors (Lipinski definition) is 0. The molecule has 5 rings (SSSR count). The van der Waals surface area contributed by atoms with Gasteiger partial charge in [-0.05, 0) is 34.9 Å². The molecule has 4 aromatic carbocycles. The molecule has 0 bridgehead atoms. The second kappa shape index (κ2) is 8.97. The van der Waals surface area contributed by atoms with Gasteiger partial charge in [-0.15, -0.1) is 0 Å². The molecule has 0 aliphatic heterocycles. The first-order valence-electron chi connectivity index (χ1n) is 10.8. The summed E-state index contributed by atoms with van der Waals surface area (Å²) in [6.07, 6.45) is 0.731. The Labute approximate surface area is 192 Å². The SMILES string of the molecule is O=[N+]([O-])c1ccc(-n2c(-c3ccccc3)cc(-c3ccccc3)c2Cc2ccccc2)cc1. The Kier molecular flexibility index (Phi) is 5.56. The predicted molar refractivity (Wildman–Crippen MR) is 133 cm³/mol. The van der Waals surface area contributed by atoms with E-state index in [9.17, 15) is 10.1 Å². The van der Waals surface area contributed by atoms with Gasteiger partial charge in [0.1, 0.15) is 0 Å². The lowest BCUT2D eigenvalue weighted by Crippen LogP contribution is -2.04. The molecule has 4 nitrogen and oxygen atoms in total. The summed E-state index contributed by atoms with van der Waals surface area (Å²) in [6.45, 7) is 0. The molecule has 0 spiro atoms. The van der Waals surface area contributed by atoms with Crippen LogP contribution in [0.2, 0.25) is 0 Å². The van der Waals surface area contributed by atoms with Gasteiger partial charge in [-0.2, -0.15) is 0 Å². The van der Waals surface area contributed by atoms with Gasteiger partial charge in [0.2, 0.25) is 0 Å². The van der Waals surface area contributed by atoms with Gasteiger partial charge in [0.25, 0.3) is 5.69 Å². The smallest absolute Gasteiger partial charge is 0.269 e. The number of hydrogen-bond acceptors (Lipinski definition) is 2. The molecule has 0 fully saturated rings. The predicted octanol–water partition coefficient (Wildman–Crippen LogP) is 7.31. The van der Waals surface area contributed by atoms with Crippen LogP contribution >= 0.6 is 0 Å². The van der Waals surface area contributed by atoms with E-state index in [1.807, 2.05) is 54.6 Å². The third kappa shape index (κ3) is 4.19. The highest BCUT2D eigenvalue weighted by Gasteiger charge is 2.20. The van der Waals surface area contributed by atoms with Crippen LogP contribution in [0.4, 0.5) is 5.69 Å². The van der Waals surface area contributed by atoms with Crippen molar-refractivity contribution >= 4 is 5.69 Å². The maximum atomic E-state index is 11.2. The van der Waals surface area contributed by atoms with Crippen molar-refractivity contribution in [2.45, 2.75) is 6.42 Å². The standard InChI is InChI=1S/C29H22N2O2/c32-31(33)26-18-16-25(17-19-26)30-28(24-14-8-3-9-15-24)21-27(23-12-6-2-7-13-23)29(30)20-22-10-4-1-5-11-22/h1-19,21H,20H2. The van der Waals surface area contributed by atoms with Crippen LogP contribution in [0, 0.1) is 10.1 Å². The van der Waals surface area contributed by atoms with E-state index in [0.717, 1.165) is 40.2 Å². The normalized spacial score (nSPS) is 10.8. The highest BCUT2D eigenvalue weighted by molar-refractivity contribution is 5.77. The molecule has 0 saturated carbocycles. The number of nitro benzene ring substituents is 1. The van der Waals surface area contributed by atoms with Gasteiger partial charge in [0.05, 0.1) is 10.6 Å². The lowest BCUT2D eigenvalue weighted by Gasteiger charge is -2.15. The van der Waals surface area contributed by atoms with Gasteiger partial charge in [-0.3, -0.25) is 10.1 Å². The fourth-order valence-electron chi connectivity index (χ4n) is 4.22. The molecule has 0 saturated heterocycles. The Morgan fingerprint density at radius 1 is 0.667 bits per heavy atom. The molecule has 0 atom stereocenters. The summed E-state index contributed by atoms with van der Waals surface area (Å²) in [6, 6.07) is 40.0. The average Bonchev–Trinajstić information content (AvgIpc) is 3.25. The highest BCUT2D eigenvalue weighted by atomic mass is 16.6. The summed E-state index contributed by atoms with van der Waals surface area (Å²) < 4.78 is 2.23. The van der Waals surface area contributed by atoms with Gasteiger partial charge in [-0.1, -0.05) is 91.0 Å². The third-order valence-corrected chi connectivity index (χ3v) is 5.79. The quantitative estimate of drug-likeness (QED) is 0.209. The molecule has 5 aromatic rings. The summed E-state index contributed by atoms with van der Waals surface area (Å²) in [5.74, 6) is 0. The molecule has 0 radical (unpaired) electrons. The Balaban J connectivity index is 1.78. The zero-order valence-electron chi connectivity index (χ0n) is 18.0. The summed E-state index contributed by atoms with van der Waals surface area (Å²) in [5, 5.41) is 11.2. The van der Waals surface area contributed by atoms with Crippen LogP contribution in [0.25, 0.3) is 28.1 Å². The molecule has 0 aliphatic rings. The van der Waals surface area contributed by atoms with Crippen molar-refractivity contribution in [3.8, 4) is 28.1 Å². The minimum absolute atomic E-state index is 0.0834. The average molecular weight is 431 g/mol. The number of nitrogens with zero attached hydrogens (tertiary/aromatic N) is 2. The van der Waals surface area contributed by atoms with E-state index in [1.165, 1.54) is 5.56 Å². The van der Waals surface area contributed by atoms with Crippen molar-refractivity contribution in [2.75, 3.05) is 0 Å². The Morgan fingerprint density at radius 3 is 1.79 bits per heavy atom. The van der Waals surface area contributed by atoms with Crippen LogP contribution in [0.15, 0.2) is 121 Å². The van der Waals surface area contributed by atoms with Crippen molar-refractivity contribution in [1.82, 2.24) is 4.57 Å². The van der Waals surface area contributed by atoms with E-state index in [-0.39, 0.29) is 10.6 Å². The molecule has 0 amide bonds. The van der Waals surface area contributed by atoms with Crippen LogP contribution < -0.4 is 0 Å². The summed E-state index contributed by atoms with van der Waals surface area (Å²) in [7, 11) is 0. The largest absolute Gasteiger partial charge is 0.313 e. The molecule has 4 heteroatoms. The van der Waals surface area contributed by atoms with Crippen molar-refractivity contribution in [3.05, 3.63) is 143 Å². The van der Waals surface area contributed by atoms with Crippen LogP contribution in [0.5, 0.6) is 0 Å². The Hall–Kier alpha value is -4.44. The molecular weight excluding hydrogens is 408 g/mol. The number of aromatic nitrogens is 1. The number of benzene rings is 4. The maximum Gasteiger partial charge on any atom is 0.269 e. The lowest BCUT2D eigenvalue weighted by atomic mass is 10.0. The number of nitro groups is 1. The van der Waals surface area contributed by atoms with Crippen LogP contribution in [0.1, 0.15) is 11.3 Å². The van der Waals surface area contributed by atoms with Gasteiger partial charge < -0.3 is 4.57 Å². The second-order valence-electron chi connectivity index (χ2n) is 7.89.